The van der Waals surface area contributed by atoms with Gasteiger partial charge in [-0.05, 0) is 64.5 Å². The maximum Gasteiger partial charge on any atom is 0.320 e. The maximum atomic E-state index is 12.1. The van der Waals surface area contributed by atoms with E-state index in [1.54, 1.807) is 6.07 Å². The second-order valence-corrected chi connectivity index (χ2v) is 16.3. The van der Waals surface area contributed by atoms with Crippen LogP contribution < -0.4 is 20.5 Å². The van der Waals surface area contributed by atoms with E-state index in [1.165, 1.54) is 36.5 Å². The number of halogens is 3. The van der Waals surface area contributed by atoms with Crippen LogP contribution in [0.4, 0.5) is 0 Å². The molecule has 0 aliphatic heterocycles. The summed E-state index contributed by atoms with van der Waals surface area (Å²) in [6.45, 7) is 1.63. The topological polar surface area (TPSA) is 154 Å². The third-order valence-corrected chi connectivity index (χ3v) is 11.2. The Morgan fingerprint density at radius 3 is 2.38 bits per heavy atom. The van der Waals surface area contributed by atoms with Crippen LogP contribution >= 0.6 is 39.1 Å². The Labute approximate surface area is 320 Å². The number of pyridine rings is 2. The van der Waals surface area contributed by atoms with E-state index in [4.69, 9.17) is 38.4 Å². The number of carbonyl (C=O) groups is 1. The number of benzene rings is 3. The molecule has 10 nitrogen and oxygen atoms in total. The van der Waals surface area contributed by atoms with E-state index in [1.807, 2.05) is 36.4 Å². The quantitative estimate of drug-likeness (QED) is 0.109. The molecule has 0 saturated carbocycles. The first-order valence-electron chi connectivity index (χ1n) is 16.3. The van der Waals surface area contributed by atoms with Crippen molar-refractivity contribution < 1.29 is 27.8 Å². The second kappa shape index (κ2) is 15.9. The van der Waals surface area contributed by atoms with Gasteiger partial charge in [0.1, 0.15) is 19.3 Å². The number of hydrogen-bond donors (Lipinski definition) is 3. The summed E-state index contributed by atoms with van der Waals surface area (Å²) in [6.07, 6.45) is 5.57. The van der Waals surface area contributed by atoms with Crippen molar-refractivity contribution in [3.8, 4) is 34.0 Å². The number of aliphatic carboxylic acids is 1. The minimum atomic E-state index is -3.48. The summed E-state index contributed by atoms with van der Waals surface area (Å²) in [5.74, 6) is -0.658. The molecule has 5 aromatic rings. The zero-order valence-electron chi connectivity index (χ0n) is 28.2. The van der Waals surface area contributed by atoms with Crippen LogP contribution in [0.5, 0.6) is 11.8 Å². The smallest absolute Gasteiger partial charge is 0.320 e. The summed E-state index contributed by atoms with van der Waals surface area (Å²) in [6, 6.07) is 20.4. The molecular weight excluding hydrogens is 791 g/mol. The van der Waals surface area contributed by atoms with Gasteiger partial charge in [0.05, 0.1) is 19.4 Å². The van der Waals surface area contributed by atoms with Gasteiger partial charge in [0.25, 0.3) is 0 Å². The summed E-state index contributed by atoms with van der Waals surface area (Å²) in [5, 5.41) is 13.3. The highest BCUT2D eigenvalue weighted by Gasteiger charge is 2.21. The highest BCUT2D eigenvalue weighted by Crippen LogP contribution is 2.41. The van der Waals surface area contributed by atoms with Crippen molar-refractivity contribution in [2.24, 2.45) is 5.73 Å². The van der Waals surface area contributed by atoms with Gasteiger partial charge in [-0.15, -0.1) is 0 Å². The van der Waals surface area contributed by atoms with E-state index in [2.05, 4.69) is 49.4 Å². The Morgan fingerprint density at radius 1 is 0.942 bits per heavy atom. The molecule has 0 bridgehead atoms. The average Bonchev–Trinajstić information content (AvgIpc) is 3.49. The number of ether oxygens (including phenoxy) is 2. The van der Waals surface area contributed by atoms with Crippen molar-refractivity contribution in [1.29, 1.82) is 0 Å². The van der Waals surface area contributed by atoms with Gasteiger partial charge in [0.15, 0.2) is 9.84 Å². The molecule has 0 saturated heterocycles. The minimum absolute atomic E-state index is 0.0497. The first-order chi connectivity index (χ1) is 24.8. The number of rotatable bonds is 13. The first kappa shape index (κ1) is 37.7. The largest absolute Gasteiger partial charge is 0.480 e. The fourth-order valence-electron chi connectivity index (χ4n) is 5.92. The predicted molar refractivity (Wildman–Crippen MR) is 205 cm³/mol. The molecule has 6 rings (SSSR count). The molecule has 1 aliphatic rings. The monoisotopic (exact) mass is 824 g/mol. The molecule has 1 unspecified atom stereocenters. The van der Waals surface area contributed by atoms with Gasteiger partial charge in [-0.1, -0.05) is 77.8 Å². The standard InChI is InChI=1S/C38H35BrCl2N4O6S/c1-21(38(46)47)44-17-27-15-33(39)37(45-36(27)50-19-22-11-29(18-43-16-22)52(2,48)49)51-20-25-5-3-7-31(34(25)40)32-8-4-6-30(35(32)41)24-10-9-23-13-28(42)14-26(23)12-24/h3-12,15-16,18,21,28,44H,13-14,17,19-20,42H2,1-2H3,(H,46,47)/t21?,28-/m0/s1. The molecule has 1 aliphatic carbocycles. The molecule has 0 amide bonds. The van der Waals surface area contributed by atoms with E-state index in [0.717, 1.165) is 41.4 Å². The third kappa shape index (κ3) is 8.60. The fraction of sp³-hybridized carbons (Fsp3) is 0.237. The highest BCUT2D eigenvalue weighted by atomic mass is 79.9. The van der Waals surface area contributed by atoms with Crippen LogP contribution in [-0.2, 0) is 47.2 Å². The Balaban J connectivity index is 1.25. The Morgan fingerprint density at radius 2 is 1.63 bits per heavy atom. The molecule has 0 fully saturated rings. The molecule has 2 atom stereocenters. The molecule has 52 heavy (non-hydrogen) atoms. The number of nitrogens with two attached hydrogens (primary N) is 1. The van der Waals surface area contributed by atoms with E-state index in [-0.39, 0.29) is 42.5 Å². The zero-order chi connectivity index (χ0) is 37.2. The molecule has 2 heterocycles. The van der Waals surface area contributed by atoms with Gasteiger partial charge in [-0.3, -0.25) is 9.78 Å². The number of carboxylic acid groups (broad SMARTS) is 1. The summed E-state index contributed by atoms with van der Waals surface area (Å²) in [4.78, 5) is 20.1. The van der Waals surface area contributed by atoms with E-state index >= 15 is 0 Å². The Bertz CT molecular complexity index is 2270. The lowest BCUT2D eigenvalue weighted by atomic mass is 9.96. The molecule has 4 N–H and O–H groups in total. The Kier molecular flexibility index (Phi) is 11.5. The molecule has 0 radical (unpaired) electrons. The number of fused-ring (bicyclic) bond motifs is 1. The molecule has 270 valence electrons. The van der Waals surface area contributed by atoms with Gasteiger partial charge in [0, 0.05) is 64.6 Å². The number of aromatic nitrogens is 2. The maximum absolute atomic E-state index is 12.1. The SMILES string of the molecule is CC(NCc1cc(Br)c(OCc2cccc(-c3cccc(-c4ccc5c(c4)C[C@@H](N)C5)c3Cl)c2Cl)nc1OCc1cncc(S(C)(=O)=O)c1)C(=O)O. The lowest BCUT2D eigenvalue weighted by Gasteiger charge is -2.17. The second-order valence-electron chi connectivity index (χ2n) is 12.7. The lowest BCUT2D eigenvalue weighted by molar-refractivity contribution is -0.139. The third-order valence-electron chi connectivity index (χ3n) is 8.74. The lowest BCUT2D eigenvalue weighted by Crippen LogP contribution is -2.33. The van der Waals surface area contributed by atoms with Gasteiger partial charge >= 0.3 is 5.97 Å². The van der Waals surface area contributed by atoms with E-state index < -0.39 is 21.8 Å². The summed E-state index contributed by atoms with van der Waals surface area (Å²) in [7, 11) is -3.48. The zero-order valence-corrected chi connectivity index (χ0v) is 32.1. The average molecular weight is 827 g/mol. The van der Waals surface area contributed by atoms with Gasteiger partial charge in [-0.2, -0.15) is 4.98 Å². The van der Waals surface area contributed by atoms with Crippen molar-refractivity contribution in [2.75, 3.05) is 6.26 Å². The molecule has 2 aromatic heterocycles. The van der Waals surface area contributed by atoms with Crippen LogP contribution in [0.3, 0.4) is 0 Å². The Hall–Kier alpha value is -4.04. The molecule has 14 heteroatoms. The van der Waals surface area contributed by atoms with Gasteiger partial charge in [0.2, 0.25) is 11.8 Å². The van der Waals surface area contributed by atoms with Gasteiger partial charge < -0.3 is 25.6 Å². The van der Waals surface area contributed by atoms with Crippen LogP contribution in [0, 0.1) is 0 Å². The number of nitrogens with one attached hydrogen (secondary N) is 1. The predicted octanol–water partition coefficient (Wildman–Crippen LogP) is 7.43. The van der Waals surface area contributed by atoms with Gasteiger partial charge in [-0.25, -0.2) is 8.42 Å². The first-order valence-corrected chi connectivity index (χ1v) is 19.7. The van der Waals surface area contributed by atoms with Crippen molar-refractivity contribution in [3.63, 3.8) is 0 Å². The van der Waals surface area contributed by atoms with E-state index in [0.29, 0.717) is 31.2 Å². The summed E-state index contributed by atoms with van der Waals surface area (Å²) < 4.78 is 36.8. The van der Waals surface area contributed by atoms with Crippen LogP contribution in [-0.4, -0.2) is 47.8 Å². The summed E-state index contributed by atoms with van der Waals surface area (Å²) >= 11 is 17.6. The number of nitrogens with zero attached hydrogens (tertiary/aromatic N) is 2. The molecule has 0 spiro atoms. The van der Waals surface area contributed by atoms with Crippen molar-refractivity contribution in [2.45, 2.75) is 56.5 Å². The van der Waals surface area contributed by atoms with Crippen molar-refractivity contribution >= 4 is 54.9 Å². The molecular formula is C38H35BrCl2N4O6S. The van der Waals surface area contributed by atoms with Crippen LogP contribution in [0.25, 0.3) is 22.3 Å². The van der Waals surface area contributed by atoms with Crippen molar-refractivity contribution in [3.05, 3.63) is 121 Å². The normalized spacial score (nSPS) is 14.5. The highest BCUT2D eigenvalue weighted by molar-refractivity contribution is 9.10. The van der Waals surface area contributed by atoms with Crippen molar-refractivity contribution in [1.82, 2.24) is 15.3 Å². The van der Waals surface area contributed by atoms with E-state index in [9.17, 15) is 18.3 Å². The molecule has 3 aromatic carbocycles. The number of hydrogen-bond acceptors (Lipinski definition) is 9. The van der Waals surface area contributed by atoms with Crippen LogP contribution in [0.15, 0.2) is 88.5 Å². The van der Waals surface area contributed by atoms with Crippen LogP contribution in [0.1, 0.15) is 34.7 Å². The minimum Gasteiger partial charge on any atom is -0.480 e. The fourth-order valence-corrected chi connectivity index (χ4v) is 7.64. The summed E-state index contributed by atoms with van der Waals surface area (Å²) in [5.41, 5.74) is 13.9. The number of sulfone groups is 1. The van der Waals surface area contributed by atoms with Crippen LogP contribution in [0.2, 0.25) is 10.0 Å². The number of carboxylic acids is 1.